The molecule has 0 aliphatic heterocycles. The van der Waals surface area contributed by atoms with Crippen LogP contribution < -0.4 is 10.1 Å². The third-order valence-electron chi connectivity index (χ3n) is 4.51. The van der Waals surface area contributed by atoms with E-state index in [1.165, 1.54) is 31.2 Å². The Bertz CT molecular complexity index is 475. The van der Waals surface area contributed by atoms with Gasteiger partial charge in [-0.2, -0.15) is 0 Å². The molecule has 2 rings (SSSR count). The van der Waals surface area contributed by atoms with Crippen LogP contribution in [0.1, 0.15) is 45.1 Å². The molecular formula is C19H27NO. The molecule has 114 valence electrons. The Morgan fingerprint density at radius 2 is 2.05 bits per heavy atom. The average molecular weight is 285 g/mol. The summed E-state index contributed by atoms with van der Waals surface area (Å²) >= 11 is 0. The molecule has 2 atom stereocenters. The number of terminal acetylenes is 1. The molecule has 2 unspecified atom stereocenters. The molecule has 0 heterocycles. The van der Waals surface area contributed by atoms with Gasteiger partial charge in [-0.3, -0.25) is 0 Å². The van der Waals surface area contributed by atoms with Crippen LogP contribution in [0.25, 0.3) is 0 Å². The zero-order chi connectivity index (χ0) is 15.1. The highest BCUT2D eigenvalue weighted by Crippen LogP contribution is 2.30. The van der Waals surface area contributed by atoms with E-state index in [4.69, 9.17) is 11.2 Å². The van der Waals surface area contributed by atoms with E-state index in [0.717, 1.165) is 24.1 Å². The van der Waals surface area contributed by atoms with Crippen LogP contribution >= 0.6 is 0 Å². The predicted octanol–water partition coefficient (Wildman–Crippen LogP) is 4.00. The predicted molar refractivity (Wildman–Crippen MR) is 88.2 cm³/mol. The maximum Gasteiger partial charge on any atom is 0.148 e. The Hall–Kier alpha value is -1.46. The van der Waals surface area contributed by atoms with Crippen LogP contribution in [-0.4, -0.2) is 12.6 Å². The van der Waals surface area contributed by atoms with Gasteiger partial charge in [-0.25, -0.2) is 0 Å². The molecule has 1 aromatic rings. The molecule has 1 saturated carbocycles. The second-order valence-corrected chi connectivity index (χ2v) is 6.28. The molecule has 0 bridgehead atoms. The largest absolute Gasteiger partial charge is 0.481 e. The van der Waals surface area contributed by atoms with Crippen LogP contribution in [0.2, 0.25) is 0 Å². The fourth-order valence-electron chi connectivity index (χ4n) is 3.36. The van der Waals surface area contributed by atoms with Gasteiger partial charge in [0.15, 0.2) is 0 Å². The minimum absolute atomic E-state index is 0.328. The molecule has 2 nitrogen and oxygen atoms in total. The summed E-state index contributed by atoms with van der Waals surface area (Å²) in [6, 6.07) is 8.79. The van der Waals surface area contributed by atoms with E-state index >= 15 is 0 Å². The summed E-state index contributed by atoms with van der Waals surface area (Å²) in [6.45, 7) is 5.87. The summed E-state index contributed by atoms with van der Waals surface area (Å²) < 4.78 is 5.62. The average Bonchev–Trinajstić information content (AvgIpc) is 2.52. The Balaban J connectivity index is 1.97. The molecular weight excluding hydrogens is 258 g/mol. The Kier molecular flexibility index (Phi) is 6.14. The van der Waals surface area contributed by atoms with Crippen LogP contribution in [0.5, 0.6) is 5.75 Å². The SMILES string of the molecule is C#CCOc1ccccc1CNC1CCCCC1C(C)C. The van der Waals surface area contributed by atoms with Crippen LogP contribution in [-0.2, 0) is 6.54 Å². The fraction of sp³-hybridized carbons (Fsp3) is 0.579. The van der Waals surface area contributed by atoms with Gasteiger partial charge in [-0.05, 0) is 30.7 Å². The van der Waals surface area contributed by atoms with Gasteiger partial charge in [0.25, 0.3) is 0 Å². The Morgan fingerprint density at radius 3 is 2.81 bits per heavy atom. The van der Waals surface area contributed by atoms with Gasteiger partial charge in [0.1, 0.15) is 12.4 Å². The highest BCUT2D eigenvalue weighted by atomic mass is 16.5. The van der Waals surface area contributed by atoms with Crippen LogP contribution in [0.3, 0.4) is 0 Å². The van der Waals surface area contributed by atoms with Crippen molar-refractivity contribution in [3.63, 3.8) is 0 Å². The molecule has 0 spiro atoms. The zero-order valence-corrected chi connectivity index (χ0v) is 13.3. The first-order valence-corrected chi connectivity index (χ1v) is 8.10. The standard InChI is InChI=1S/C19H27NO/c1-4-13-21-19-12-8-5-9-16(19)14-20-18-11-7-6-10-17(18)15(2)3/h1,5,8-9,12,15,17-18,20H,6-7,10-11,13-14H2,2-3H3. The van der Waals surface area contributed by atoms with Crippen molar-refractivity contribution in [3.05, 3.63) is 29.8 Å². The van der Waals surface area contributed by atoms with Crippen molar-refractivity contribution >= 4 is 0 Å². The molecule has 0 amide bonds. The lowest BCUT2D eigenvalue weighted by Crippen LogP contribution is -2.40. The molecule has 1 N–H and O–H groups in total. The number of ether oxygens (including phenoxy) is 1. The van der Waals surface area contributed by atoms with Gasteiger partial charge in [-0.1, -0.05) is 50.8 Å². The van der Waals surface area contributed by atoms with Crippen molar-refractivity contribution in [2.24, 2.45) is 11.8 Å². The second-order valence-electron chi connectivity index (χ2n) is 6.28. The van der Waals surface area contributed by atoms with Crippen molar-refractivity contribution in [3.8, 4) is 18.1 Å². The van der Waals surface area contributed by atoms with E-state index in [1.54, 1.807) is 0 Å². The number of rotatable bonds is 6. The van der Waals surface area contributed by atoms with E-state index in [2.05, 4.69) is 37.2 Å². The monoisotopic (exact) mass is 285 g/mol. The third-order valence-corrected chi connectivity index (χ3v) is 4.51. The lowest BCUT2D eigenvalue weighted by Gasteiger charge is -2.35. The first-order valence-electron chi connectivity index (χ1n) is 8.10. The lowest BCUT2D eigenvalue weighted by atomic mass is 9.78. The number of nitrogens with one attached hydrogen (secondary N) is 1. The van der Waals surface area contributed by atoms with Crippen molar-refractivity contribution in [1.82, 2.24) is 5.32 Å². The molecule has 1 fully saturated rings. The second kappa shape index (κ2) is 8.10. The number of para-hydroxylation sites is 1. The topological polar surface area (TPSA) is 21.3 Å². The van der Waals surface area contributed by atoms with Gasteiger partial charge in [-0.15, -0.1) is 6.42 Å². The fourth-order valence-corrected chi connectivity index (χ4v) is 3.36. The first-order chi connectivity index (χ1) is 10.2. The van der Waals surface area contributed by atoms with Gasteiger partial charge >= 0.3 is 0 Å². The molecule has 21 heavy (non-hydrogen) atoms. The number of hydrogen-bond donors (Lipinski definition) is 1. The van der Waals surface area contributed by atoms with Gasteiger partial charge in [0.05, 0.1) is 0 Å². The third kappa shape index (κ3) is 4.51. The van der Waals surface area contributed by atoms with Crippen molar-refractivity contribution in [2.75, 3.05) is 6.61 Å². The van der Waals surface area contributed by atoms with E-state index in [-0.39, 0.29) is 0 Å². The minimum Gasteiger partial charge on any atom is -0.481 e. The smallest absolute Gasteiger partial charge is 0.148 e. The maximum absolute atomic E-state index is 5.62. The first kappa shape index (κ1) is 15.9. The highest BCUT2D eigenvalue weighted by Gasteiger charge is 2.27. The maximum atomic E-state index is 5.62. The number of benzene rings is 1. The lowest BCUT2D eigenvalue weighted by molar-refractivity contribution is 0.204. The van der Waals surface area contributed by atoms with E-state index in [1.807, 2.05) is 12.1 Å². The molecule has 1 aliphatic carbocycles. The normalized spacial score (nSPS) is 22.0. The van der Waals surface area contributed by atoms with Crippen LogP contribution in [0.4, 0.5) is 0 Å². The molecule has 1 aromatic carbocycles. The van der Waals surface area contributed by atoms with Gasteiger partial charge in [0, 0.05) is 18.2 Å². The van der Waals surface area contributed by atoms with Crippen molar-refractivity contribution in [2.45, 2.75) is 52.1 Å². The van der Waals surface area contributed by atoms with E-state index in [0.29, 0.717) is 12.6 Å². The Morgan fingerprint density at radius 1 is 1.29 bits per heavy atom. The summed E-state index contributed by atoms with van der Waals surface area (Å²) in [5.74, 6) is 4.97. The molecule has 0 saturated heterocycles. The van der Waals surface area contributed by atoms with Crippen LogP contribution in [0.15, 0.2) is 24.3 Å². The quantitative estimate of drug-likeness (QED) is 0.798. The van der Waals surface area contributed by atoms with Crippen molar-refractivity contribution in [1.29, 1.82) is 0 Å². The highest BCUT2D eigenvalue weighted by molar-refractivity contribution is 5.33. The van der Waals surface area contributed by atoms with Gasteiger partial charge < -0.3 is 10.1 Å². The van der Waals surface area contributed by atoms with Crippen molar-refractivity contribution < 1.29 is 4.74 Å². The molecule has 1 aliphatic rings. The Labute approximate surface area is 129 Å². The van der Waals surface area contributed by atoms with E-state index < -0.39 is 0 Å². The molecule has 0 aromatic heterocycles. The summed E-state index contributed by atoms with van der Waals surface area (Å²) in [4.78, 5) is 0. The summed E-state index contributed by atoms with van der Waals surface area (Å²) in [6.07, 6.45) is 10.6. The summed E-state index contributed by atoms with van der Waals surface area (Å²) in [5.41, 5.74) is 1.20. The molecule has 0 radical (unpaired) electrons. The zero-order valence-electron chi connectivity index (χ0n) is 13.3. The summed E-state index contributed by atoms with van der Waals surface area (Å²) in [7, 11) is 0. The van der Waals surface area contributed by atoms with Gasteiger partial charge in [0.2, 0.25) is 0 Å². The van der Waals surface area contributed by atoms with Crippen LogP contribution in [0, 0.1) is 24.2 Å². The molecule has 2 heteroatoms. The number of hydrogen-bond acceptors (Lipinski definition) is 2. The summed E-state index contributed by atoms with van der Waals surface area (Å²) in [5, 5.41) is 3.75. The minimum atomic E-state index is 0.328. The van der Waals surface area contributed by atoms with E-state index in [9.17, 15) is 0 Å².